The Hall–Kier alpha value is -4.31. The Morgan fingerprint density at radius 2 is 1.79 bits per heavy atom. The first-order valence-corrected chi connectivity index (χ1v) is 8.43. The van der Waals surface area contributed by atoms with Crippen molar-refractivity contribution in [1.82, 2.24) is 9.97 Å². The van der Waals surface area contributed by atoms with Gasteiger partial charge in [0, 0.05) is 28.8 Å². The van der Waals surface area contributed by atoms with Crippen molar-refractivity contribution in [3.8, 4) is 17.5 Å². The zero-order chi connectivity index (χ0) is 19.5. The Labute approximate surface area is 160 Å². The summed E-state index contributed by atoms with van der Waals surface area (Å²) in [6.07, 6.45) is 0. The number of nitro benzene ring substituents is 1. The van der Waals surface area contributed by atoms with Gasteiger partial charge in [-0.15, -0.1) is 0 Å². The van der Waals surface area contributed by atoms with Crippen molar-refractivity contribution in [3.05, 3.63) is 88.5 Å². The molecular weight excluding hydrogens is 354 g/mol. The van der Waals surface area contributed by atoms with Gasteiger partial charge >= 0.3 is 0 Å². The number of para-hydroxylation sites is 1. The first-order chi connectivity index (χ1) is 13.6. The summed E-state index contributed by atoms with van der Waals surface area (Å²) in [5.41, 5.74) is 2.48. The fourth-order valence-electron chi connectivity index (χ4n) is 2.86. The minimum absolute atomic E-state index is 0.0227. The van der Waals surface area contributed by atoms with E-state index in [9.17, 15) is 10.1 Å². The lowest BCUT2D eigenvalue weighted by Gasteiger charge is -2.11. The van der Waals surface area contributed by atoms with E-state index in [1.807, 2.05) is 30.3 Å². The summed E-state index contributed by atoms with van der Waals surface area (Å²) in [5, 5.41) is 24.2. The average Bonchev–Trinajstić information content (AvgIpc) is 2.74. The molecule has 3 aromatic carbocycles. The molecule has 1 aromatic heterocycles. The molecule has 7 nitrogen and oxygen atoms in total. The molecule has 1 heterocycles. The number of nitro groups is 1. The Bertz CT molecular complexity index is 1250. The van der Waals surface area contributed by atoms with Gasteiger partial charge in [-0.2, -0.15) is 5.26 Å². The molecule has 7 heteroatoms. The minimum Gasteiger partial charge on any atom is -0.340 e. The molecule has 0 fully saturated rings. The standard InChI is InChI=1S/C21H13N5O2/c22-13-14-5-3-7-16(11-14)23-21-18-9-1-2-10-19(18)24-20(25-21)15-6-4-8-17(12-15)26(27)28/h1-12H,(H,23,24,25). The molecular formula is C21H13N5O2. The molecule has 0 bridgehead atoms. The van der Waals surface area contributed by atoms with Crippen LogP contribution < -0.4 is 5.32 Å². The molecule has 0 spiro atoms. The van der Waals surface area contributed by atoms with Crippen LogP contribution in [0.1, 0.15) is 5.56 Å². The second-order valence-electron chi connectivity index (χ2n) is 6.04. The van der Waals surface area contributed by atoms with Crippen molar-refractivity contribution in [3.63, 3.8) is 0 Å². The predicted octanol–water partition coefficient (Wildman–Crippen LogP) is 4.82. The number of benzene rings is 3. The molecule has 1 N–H and O–H groups in total. The highest BCUT2D eigenvalue weighted by molar-refractivity contribution is 5.92. The van der Waals surface area contributed by atoms with Crippen molar-refractivity contribution >= 4 is 28.1 Å². The lowest BCUT2D eigenvalue weighted by Crippen LogP contribution is -2.00. The summed E-state index contributed by atoms with van der Waals surface area (Å²) in [6, 6.07) is 22.9. The first kappa shape index (κ1) is 17.1. The Kier molecular flexibility index (Phi) is 4.36. The molecule has 0 saturated heterocycles. The second kappa shape index (κ2) is 7.13. The molecule has 4 rings (SSSR count). The predicted molar refractivity (Wildman–Crippen MR) is 106 cm³/mol. The van der Waals surface area contributed by atoms with Crippen molar-refractivity contribution in [1.29, 1.82) is 5.26 Å². The van der Waals surface area contributed by atoms with E-state index in [0.717, 1.165) is 5.39 Å². The van der Waals surface area contributed by atoms with Gasteiger partial charge in [-0.3, -0.25) is 10.1 Å². The number of nitrogens with one attached hydrogen (secondary N) is 1. The van der Waals surface area contributed by atoms with Crippen LogP contribution in [0.15, 0.2) is 72.8 Å². The molecule has 28 heavy (non-hydrogen) atoms. The average molecular weight is 367 g/mol. The van der Waals surface area contributed by atoms with Crippen LogP contribution in [-0.4, -0.2) is 14.9 Å². The maximum Gasteiger partial charge on any atom is 0.270 e. The van der Waals surface area contributed by atoms with Crippen molar-refractivity contribution in [2.24, 2.45) is 0 Å². The quantitative estimate of drug-likeness (QED) is 0.409. The smallest absolute Gasteiger partial charge is 0.270 e. The van der Waals surface area contributed by atoms with E-state index in [4.69, 9.17) is 5.26 Å². The second-order valence-corrected chi connectivity index (χ2v) is 6.04. The summed E-state index contributed by atoms with van der Waals surface area (Å²) in [7, 11) is 0. The van der Waals surface area contributed by atoms with E-state index in [2.05, 4.69) is 21.4 Å². The van der Waals surface area contributed by atoms with Crippen molar-refractivity contribution < 1.29 is 4.92 Å². The van der Waals surface area contributed by atoms with Gasteiger partial charge in [0.15, 0.2) is 5.82 Å². The van der Waals surface area contributed by atoms with Crippen LogP contribution in [0.3, 0.4) is 0 Å². The number of nitriles is 1. The number of anilines is 2. The summed E-state index contributed by atoms with van der Waals surface area (Å²) in [6.45, 7) is 0. The summed E-state index contributed by atoms with van der Waals surface area (Å²) in [4.78, 5) is 19.8. The van der Waals surface area contributed by atoms with E-state index < -0.39 is 4.92 Å². The van der Waals surface area contributed by atoms with E-state index in [0.29, 0.717) is 34.0 Å². The first-order valence-electron chi connectivity index (χ1n) is 8.43. The topological polar surface area (TPSA) is 105 Å². The van der Waals surface area contributed by atoms with Crippen LogP contribution in [0.25, 0.3) is 22.3 Å². The third kappa shape index (κ3) is 3.34. The number of nitrogens with zero attached hydrogens (tertiary/aromatic N) is 4. The number of aromatic nitrogens is 2. The van der Waals surface area contributed by atoms with E-state index in [-0.39, 0.29) is 5.69 Å². The Morgan fingerprint density at radius 1 is 0.964 bits per heavy atom. The molecule has 0 atom stereocenters. The lowest BCUT2D eigenvalue weighted by molar-refractivity contribution is -0.384. The molecule has 0 unspecified atom stereocenters. The van der Waals surface area contributed by atoms with Crippen LogP contribution in [0.2, 0.25) is 0 Å². The van der Waals surface area contributed by atoms with Gasteiger partial charge in [0.25, 0.3) is 5.69 Å². The molecule has 0 aliphatic carbocycles. The third-order valence-corrected chi connectivity index (χ3v) is 4.17. The fourth-order valence-corrected chi connectivity index (χ4v) is 2.86. The Morgan fingerprint density at radius 3 is 2.61 bits per heavy atom. The number of non-ortho nitro benzene ring substituents is 1. The molecule has 0 saturated carbocycles. The summed E-state index contributed by atoms with van der Waals surface area (Å²) < 4.78 is 0. The van der Waals surface area contributed by atoms with Gasteiger partial charge in [0.05, 0.1) is 22.1 Å². The normalized spacial score (nSPS) is 10.4. The van der Waals surface area contributed by atoms with Crippen LogP contribution in [0, 0.1) is 21.4 Å². The maximum atomic E-state index is 11.1. The SMILES string of the molecule is N#Cc1cccc(Nc2nc(-c3cccc([N+](=O)[O-])c3)nc3ccccc23)c1. The van der Waals surface area contributed by atoms with Gasteiger partial charge in [-0.1, -0.05) is 30.3 Å². The van der Waals surface area contributed by atoms with Crippen LogP contribution >= 0.6 is 0 Å². The van der Waals surface area contributed by atoms with Gasteiger partial charge < -0.3 is 5.32 Å². The molecule has 134 valence electrons. The molecule has 0 radical (unpaired) electrons. The minimum atomic E-state index is -0.447. The highest BCUT2D eigenvalue weighted by Crippen LogP contribution is 2.28. The molecule has 0 aliphatic heterocycles. The summed E-state index contributed by atoms with van der Waals surface area (Å²) in [5.74, 6) is 0.934. The highest BCUT2D eigenvalue weighted by atomic mass is 16.6. The number of rotatable bonds is 4. The van der Waals surface area contributed by atoms with E-state index in [1.165, 1.54) is 12.1 Å². The lowest BCUT2D eigenvalue weighted by atomic mass is 10.1. The number of hydrogen-bond donors (Lipinski definition) is 1. The number of fused-ring (bicyclic) bond motifs is 1. The van der Waals surface area contributed by atoms with Gasteiger partial charge in [0.2, 0.25) is 0 Å². The molecule has 0 amide bonds. The van der Waals surface area contributed by atoms with Crippen molar-refractivity contribution in [2.75, 3.05) is 5.32 Å². The summed E-state index contributed by atoms with van der Waals surface area (Å²) >= 11 is 0. The van der Waals surface area contributed by atoms with Crippen molar-refractivity contribution in [2.45, 2.75) is 0 Å². The fraction of sp³-hybridized carbons (Fsp3) is 0. The maximum absolute atomic E-state index is 11.1. The van der Waals surface area contributed by atoms with Gasteiger partial charge in [-0.25, -0.2) is 9.97 Å². The van der Waals surface area contributed by atoms with E-state index >= 15 is 0 Å². The number of hydrogen-bond acceptors (Lipinski definition) is 6. The molecule has 0 aliphatic rings. The zero-order valence-corrected chi connectivity index (χ0v) is 14.5. The van der Waals surface area contributed by atoms with Crippen LogP contribution in [0.4, 0.5) is 17.2 Å². The highest BCUT2D eigenvalue weighted by Gasteiger charge is 2.13. The molecule has 4 aromatic rings. The third-order valence-electron chi connectivity index (χ3n) is 4.17. The van der Waals surface area contributed by atoms with Crippen LogP contribution in [-0.2, 0) is 0 Å². The van der Waals surface area contributed by atoms with E-state index in [1.54, 1.807) is 30.3 Å². The monoisotopic (exact) mass is 367 g/mol. The zero-order valence-electron chi connectivity index (χ0n) is 14.5. The van der Waals surface area contributed by atoms with Crippen LogP contribution in [0.5, 0.6) is 0 Å². The Balaban J connectivity index is 1.85. The largest absolute Gasteiger partial charge is 0.340 e. The van der Waals surface area contributed by atoms with Gasteiger partial charge in [0.1, 0.15) is 5.82 Å². The van der Waals surface area contributed by atoms with Gasteiger partial charge in [-0.05, 0) is 30.3 Å².